The van der Waals surface area contributed by atoms with Gasteiger partial charge < -0.3 is 57.4 Å². The Balaban J connectivity index is 0.000000139. The Hall–Kier alpha value is -7.55. The molecule has 3 saturated carbocycles. The van der Waals surface area contributed by atoms with E-state index >= 15 is 0 Å². The first-order valence-corrected chi connectivity index (χ1v) is 39.6. The standard InChI is InChI=1S/C26H36N6O2S.C25H34N6O3S.C24H32N6O3S/c1-4-24-27-13-22(35-24)26(34)10-8-19(9-11-26)31-15-18(16-31)29-23(33)14-28-25-20-12-17(3)6-7-21(20)32(5-2)30-25;1-16-3-4-21-20(11-16)23(29-31(21)9-10-32)26-13-22(33)28-18-14-30(15-18)19-5-7-25(34,8-6-19)24-27-12-17(2)35-24;1-16-2-3-20-19(10-16)23(28-30(20)8-9-31)26-12-22(32)27-17-13-29(14-17)18-4-6-24(33,7-5-18)21-11-25-15-34-21/h6-7,12-13,18-19,34H,4-5,8-11,14-16H2,1-3H3,(H,28,30)(H,29,33);3-4,11-12,18-19,32,34H,5-10,13-15H2,1-2H3,(H,26,29)(H,28,33);2-3,10-11,15,17-18,31,33H,4-9,12-14H2,1H3,(H,26,28)(H,27,32). The third-order valence-electron chi connectivity index (χ3n) is 21.8. The zero-order chi connectivity index (χ0) is 72.9. The predicted molar refractivity (Wildman–Crippen MR) is 408 cm³/mol. The molecular weight excluding hydrogens is 1380 g/mol. The van der Waals surface area contributed by atoms with Gasteiger partial charge in [-0.2, -0.15) is 15.3 Å². The van der Waals surface area contributed by atoms with Gasteiger partial charge in [0, 0.05) is 104 Å². The minimum atomic E-state index is -0.785. The van der Waals surface area contributed by atoms with E-state index in [1.54, 1.807) is 43.7 Å². The largest absolute Gasteiger partial charge is 0.394 e. The number of aryl methyl sites for hydroxylation is 6. The highest BCUT2D eigenvalue weighted by Gasteiger charge is 2.45. The van der Waals surface area contributed by atoms with Crippen LogP contribution >= 0.6 is 34.0 Å². The summed E-state index contributed by atoms with van der Waals surface area (Å²) < 4.78 is 5.49. The summed E-state index contributed by atoms with van der Waals surface area (Å²) >= 11 is 4.77. The molecule has 15 rings (SSSR count). The van der Waals surface area contributed by atoms with Crippen molar-refractivity contribution in [3.63, 3.8) is 0 Å². The number of nitrogens with zero attached hydrogens (tertiary/aromatic N) is 12. The minimum Gasteiger partial charge on any atom is -0.394 e. The summed E-state index contributed by atoms with van der Waals surface area (Å²) in [6, 6.07) is 20.3. The molecule has 3 amide bonds. The molecule has 29 heteroatoms. The normalized spacial score (nSPS) is 23.5. The molecule has 0 bridgehead atoms. The van der Waals surface area contributed by atoms with Crippen LogP contribution in [-0.4, -0.2) is 211 Å². The van der Waals surface area contributed by atoms with Crippen LogP contribution in [0.3, 0.4) is 0 Å². The van der Waals surface area contributed by atoms with Crippen LogP contribution in [0.4, 0.5) is 17.5 Å². The summed E-state index contributed by atoms with van der Waals surface area (Å²) in [6.45, 7) is 19.6. The molecule has 3 aromatic carbocycles. The molecule has 6 aromatic heterocycles. The summed E-state index contributed by atoms with van der Waals surface area (Å²) in [5.74, 6) is 1.98. The highest BCUT2D eigenvalue weighted by molar-refractivity contribution is 7.12. The van der Waals surface area contributed by atoms with Crippen LogP contribution in [0.1, 0.15) is 132 Å². The third kappa shape index (κ3) is 17.1. The number of aliphatic hydroxyl groups excluding tert-OH is 2. The number of fused-ring (bicyclic) bond motifs is 3. The van der Waals surface area contributed by atoms with Gasteiger partial charge in [-0.1, -0.05) is 41.8 Å². The van der Waals surface area contributed by atoms with E-state index in [0.717, 1.165) is 204 Å². The number of aromatic nitrogens is 9. The second kappa shape index (κ2) is 32.7. The van der Waals surface area contributed by atoms with Crippen LogP contribution in [-0.2, 0) is 57.2 Å². The number of hydrogen-bond donors (Lipinski definition) is 11. The van der Waals surface area contributed by atoms with Crippen molar-refractivity contribution >= 4 is 102 Å². The molecule has 0 unspecified atom stereocenters. The number of likely N-dealkylation sites (tertiary alicyclic amines) is 3. The maximum absolute atomic E-state index is 12.6. The van der Waals surface area contributed by atoms with Gasteiger partial charge in [-0.25, -0.2) is 9.97 Å². The van der Waals surface area contributed by atoms with Gasteiger partial charge in [0.15, 0.2) is 17.5 Å². The molecule has 0 atom stereocenters. The molecule has 0 radical (unpaired) electrons. The Bertz CT molecular complexity index is 4390. The summed E-state index contributed by atoms with van der Waals surface area (Å²) in [7, 11) is 0. The Kier molecular flexibility index (Phi) is 23.5. The zero-order valence-corrected chi connectivity index (χ0v) is 63.1. The lowest BCUT2D eigenvalue weighted by Gasteiger charge is -2.48. The second-order valence-corrected chi connectivity index (χ2v) is 32.7. The number of thiazole rings is 3. The smallest absolute Gasteiger partial charge is 0.239 e. The van der Waals surface area contributed by atoms with E-state index in [9.17, 15) is 39.9 Å². The predicted octanol–water partition coefficient (Wildman–Crippen LogP) is 7.41. The van der Waals surface area contributed by atoms with Crippen LogP contribution in [0, 0.1) is 27.7 Å². The number of aliphatic hydroxyl groups is 5. The van der Waals surface area contributed by atoms with Gasteiger partial charge in [-0.05, 0) is 154 Å². The molecule has 6 fully saturated rings. The highest BCUT2D eigenvalue weighted by atomic mass is 32.1. The second-order valence-electron chi connectivity index (χ2n) is 29.4. The van der Waals surface area contributed by atoms with Crippen molar-refractivity contribution in [2.24, 2.45) is 0 Å². The van der Waals surface area contributed by atoms with Gasteiger partial charge >= 0.3 is 0 Å². The monoisotopic (exact) mass is 1480 g/mol. The molecule has 3 aliphatic heterocycles. The van der Waals surface area contributed by atoms with Crippen molar-refractivity contribution in [3.8, 4) is 0 Å². The van der Waals surface area contributed by atoms with Crippen LogP contribution in [0.5, 0.6) is 0 Å². The fourth-order valence-corrected chi connectivity index (χ4v) is 18.5. The van der Waals surface area contributed by atoms with Crippen molar-refractivity contribution in [1.29, 1.82) is 0 Å². The first-order chi connectivity index (χ1) is 50.2. The Morgan fingerprint density at radius 2 is 0.894 bits per heavy atom. The van der Waals surface area contributed by atoms with Crippen LogP contribution < -0.4 is 31.9 Å². The van der Waals surface area contributed by atoms with E-state index in [2.05, 4.69) is 116 Å². The van der Waals surface area contributed by atoms with Gasteiger partial charge in [0.1, 0.15) is 21.8 Å². The summed E-state index contributed by atoms with van der Waals surface area (Å²) in [4.78, 5) is 61.1. The van der Waals surface area contributed by atoms with Gasteiger partial charge in [-0.3, -0.25) is 48.1 Å². The molecule has 9 heterocycles. The topological polar surface area (TPSA) is 326 Å². The van der Waals surface area contributed by atoms with E-state index in [1.165, 1.54) is 16.9 Å². The fraction of sp³-hybridized carbons (Fsp3) is 0.560. The molecular formula is C75H102N18O8S3. The Morgan fingerprint density at radius 3 is 1.25 bits per heavy atom. The average molecular weight is 1480 g/mol. The van der Waals surface area contributed by atoms with Crippen molar-refractivity contribution in [1.82, 2.24) is 74.9 Å². The van der Waals surface area contributed by atoms with Gasteiger partial charge in [-0.15, -0.1) is 34.0 Å². The van der Waals surface area contributed by atoms with E-state index in [1.807, 2.05) is 74.2 Å². The van der Waals surface area contributed by atoms with Gasteiger partial charge in [0.05, 0.1) is 101 Å². The number of nitrogens with one attached hydrogen (secondary N) is 6. The van der Waals surface area contributed by atoms with E-state index in [0.29, 0.717) is 42.9 Å². The molecule has 11 N–H and O–H groups in total. The SMILES string of the molecule is CCc1ncc(C2(O)CCC(N3CC(NC(=O)CNc4nn(CC)c5ccc(C)cc45)C3)CC2)s1.Cc1ccc2c(c1)c(NCC(=O)NC1CN(C3CCC(O)(c4cncs4)CC3)C1)nn2CCO.Cc1ccc2c(c1)c(NCC(=O)NC1CN(C3CCC(O)(c4ncc(C)s4)CC3)C1)nn2CCO. The Morgan fingerprint density at radius 1 is 0.500 bits per heavy atom. The number of carbonyl (C=O) groups is 3. The zero-order valence-electron chi connectivity index (χ0n) is 60.6. The van der Waals surface area contributed by atoms with Gasteiger partial charge in [0.2, 0.25) is 17.7 Å². The van der Waals surface area contributed by atoms with Crippen LogP contribution in [0.25, 0.3) is 32.7 Å². The van der Waals surface area contributed by atoms with Crippen molar-refractivity contribution in [3.05, 3.63) is 120 Å². The van der Waals surface area contributed by atoms with Gasteiger partial charge in [0.25, 0.3) is 0 Å². The van der Waals surface area contributed by atoms with E-state index < -0.39 is 16.8 Å². The maximum Gasteiger partial charge on any atom is 0.239 e. The molecule has 104 heavy (non-hydrogen) atoms. The number of hydrogen-bond acceptors (Lipinski definition) is 23. The van der Waals surface area contributed by atoms with E-state index in [4.69, 9.17) is 0 Å². The molecule has 6 aliphatic rings. The molecule has 26 nitrogen and oxygen atoms in total. The quantitative estimate of drug-likeness (QED) is 0.0280. The molecule has 0 spiro atoms. The lowest BCUT2D eigenvalue weighted by Crippen LogP contribution is -2.63. The summed E-state index contributed by atoms with van der Waals surface area (Å²) in [5.41, 5.74) is 5.91. The molecule has 3 aliphatic carbocycles. The number of benzene rings is 3. The number of anilines is 3. The summed E-state index contributed by atoms with van der Waals surface area (Å²) in [6.07, 6.45) is 16.7. The molecule has 3 saturated heterocycles. The highest BCUT2D eigenvalue weighted by Crippen LogP contribution is 2.44. The average Bonchev–Trinajstić information content (AvgIpc) is 1.05. The van der Waals surface area contributed by atoms with Crippen LogP contribution in [0.15, 0.2) is 78.7 Å². The first kappa shape index (κ1) is 74.7. The van der Waals surface area contributed by atoms with Crippen molar-refractivity contribution < 1.29 is 39.9 Å². The number of amides is 3. The lowest BCUT2D eigenvalue weighted by atomic mass is 9.80. The molecule has 9 aromatic rings. The minimum absolute atomic E-state index is 0.00329. The van der Waals surface area contributed by atoms with Crippen molar-refractivity contribution in [2.75, 3.05) is 88.1 Å². The van der Waals surface area contributed by atoms with Crippen LogP contribution in [0.2, 0.25) is 0 Å². The number of carbonyl (C=O) groups excluding carboxylic acids is 3. The fourth-order valence-electron chi connectivity index (χ4n) is 15.8. The molecule has 558 valence electrons. The summed E-state index contributed by atoms with van der Waals surface area (Å²) in [5, 5.41) is 89.3. The number of rotatable bonds is 24. The van der Waals surface area contributed by atoms with Crippen molar-refractivity contribution in [2.45, 2.75) is 198 Å². The maximum atomic E-state index is 12.6. The third-order valence-corrected chi connectivity index (χ3v) is 25.2. The first-order valence-electron chi connectivity index (χ1n) is 37.1. The lowest BCUT2D eigenvalue weighted by molar-refractivity contribution is -0.122. The van der Waals surface area contributed by atoms with E-state index in [-0.39, 0.29) is 68.7 Å². The Labute approximate surface area is 619 Å².